The van der Waals surface area contributed by atoms with E-state index in [0.717, 1.165) is 13.0 Å². The number of thiazole rings is 1. The third-order valence-corrected chi connectivity index (χ3v) is 5.30. The van der Waals surface area contributed by atoms with Crippen LogP contribution in [0.1, 0.15) is 77.3 Å². The number of nitrogens with one attached hydrogen (secondary N) is 1. The maximum atomic E-state index is 4.97. The van der Waals surface area contributed by atoms with E-state index in [4.69, 9.17) is 4.98 Å². The fourth-order valence-electron chi connectivity index (χ4n) is 2.30. The van der Waals surface area contributed by atoms with Crippen molar-refractivity contribution in [3.05, 3.63) is 10.6 Å². The van der Waals surface area contributed by atoms with E-state index >= 15 is 0 Å². The number of nitrogens with zero attached hydrogens (tertiary/aromatic N) is 2. The highest BCUT2D eigenvalue weighted by Crippen LogP contribution is 2.32. The zero-order valence-electron chi connectivity index (χ0n) is 14.9. The van der Waals surface area contributed by atoms with Crippen LogP contribution in [-0.2, 0) is 6.54 Å². The van der Waals surface area contributed by atoms with Gasteiger partial charge in [0.05, 0.1) is 5.69 Å². The maximum Gasteiger partial charge on any atom is 0.185 e. The predicted molar refractivity (Wildman–Crippen MR) is 95.6 cm³/mol. The van der Waals surface area contributed by atoms with Gasteiger partial charge < -0.3 is 10.2 Å². The Hall–Kier alpha value is -0.610. The lowest BCUT2D eigenvalue weighted by molar-refractivity contribution is 0.584. The molecule has 1 aromatic heterocycles. The molecule has 0 bridgehead atoms. The van der Waals surface area contributed by atoms with Crippen molar-refractivity contribution < 1.29 is 0 Å². The normalized spacial score (nSPS) is 14.5. The van der Waals surface area contributed by atoms with Gasteiger partial charge in [-0.2, -0.15) is 0 Å². The molecule has 122 valence electrons. The van der Waals surface area contributed by atoms with Crippen molar-refractivity contribution in [3.8, 4) is 0 Å². The molecule has 0 fully saturated rings. The van der Waals surface area contributed by atoms with Crippen LogP contribution in [0.2, 0.25) is 0 Å². The first-order valence-corrected chi connectivity index (χ1v) is 9.18. The molecule has 21 heavy (non-hydrogen) atoms. The van der Waals surface area contributed by atoms with Gasteiger partial charge in [0.15, 0.2) is 5.13 Å². The number of anilines is 1. The second kappa shape index (κ2) is 8.74. The second-order valence-electron chi connectivity index (χ2n) is 6.40. The van der Waals surface area contributed by atoms with E-state index in [9.17, 15) is 0 Å². The summed E-state index contributed by atoms with van der Waals surface area (Å²) in [4.78, 5) is 8.72. The first kappa shape index (κ1) is 18.4. The highest BCUT2D eigenvalue weighted by Gasteiger charge is 2.20. The quantitative estimate of drug-likeness (QED) is 0.711. The Labute approximate surface area is 135 Å². The smallest absolute Gasteiger partial charge is 0.185 e. The number of rotatable bonds is 9. The van der Waals surface area contributed by atoms with Crippen LogP contribution in [0.3, 0.4) is 0 Å². The summed E-state index contributed by atoms with van der Waals surface area (Å²) in [7, 11) is 2.18. The molecule has 1 aromatic rings. The Kier molecular flexibility index (Phi) is 7.67. The zero-order chi connectivity index (χ0) is 16.0. The third-order valence-electron chi connectivity index (χ3n) is 4.14. The van der Waals surface area contributed by atoms with Crippen molar-refractivity contribution in [2.24, 2.45) is 0 Å². The molecule has 3 nitrogen and oxygen atoms in total. The van der Waals surface area contributed by atoms with Crippen LogP contribution in [-0.4, -0.2) is 24.1 Å². The van der Waals surface area contributed by atoms with E-state index in [1.165, 1.54) is 28.5 Å². The van der Waals surface area contributed by atoms with Crippen LogP contribution in [0.15, 0.2) is 0 Å². The van der Waals surface area contributed by atoms with E-state index < -0.39 is 0 Å². The minimum Gasteiger partial charge on any atom is -0.348 e. The van der Waals surface area contributed by atoms with Crippen molar-refractivity contribution in [2.75, 3.05) is 11.9 Å². The Balaban J connectivity index is 2.95. The molecular weight excluding hydrogens is 278 g/mol. The van der Waals surface area contributed by atoms with E-state index in [1.54, 1.807) is 0 Å². The van der Waals surface area contributed by atoms with Gasteiger partial charge in [0.25, 0.3) is 0 Å². The molecule has 0 spiro atoms. The molecular formula is C17H33N3S. The summed E-state index contributed by atoms with van der Waals surface area (Å²) < 4.78 is 0. The van der Waals surface area contributed by atoms with Gasteiger partial charge in [-0.1, -0.05) is 41.0 Å². The number of hydrogen-bond acceptors (Lipinski definition) is 4. The Morgan fingerprint density at radius 2 is 1.86 bits per heavy atom. The van der Waals surface area contributed by atoms with Crippen LogP contribution < -0.4 is 10.2 Å². The molecule has 0 aliphatic rings. The fraction of sp³-hybridized carbons (Fsp3) is 0.824. The first-order valence-electron chi connectivity index (χ1n) is 8.36. The van der Waals surface area contributed by atoms with E-state index in [0.29, 0.717) is 18.0 Å². The molecule has 0 aliphatic carbocycles. The molecule has 0 saturated heterocycles. The number of aromatic nitrogens is 1. The van der Waals surface area contributed by atoms with E-state index in [-0.39, 0.29) is 0 Å². The maximum absolute atomic E-state index is 4.97. The zero-order valence-corrected chi connectivity index (χ0v) is 15.7. The minimum atomic E-state index is 0.511. The fourth-order valence-corrected chi connectivity index (χ4v) is 3.50. The van der Waals surface area contributed by atoms with Gasteiger partial charge in [0.2, 0.25) is 0 Å². The monoisotopic (exact) mass is 311 g/mol. The lowest BCUT2D eigenvalue weighted by Gasteiger charge is -2.23. The summed E-state index contributed by atoms with van der Waals surface area (Å²) in [5, 5.41) is 4.71. The molecule has 0 aromatic carbocycles. The molecule has 1 heterocycles. The summed E-state index contributed by atoms with van der Waals surface area (Å²) in [6, 6.07) is 1.06. The largest absolute Gasteiger partial charge is 0.348 e. The topological polar surface area (TPSA) is 28.2 Å². The second-order valence-corrected chi connectivity index (χ2v) is 7.46. The summed E-state index contributed by atoms with van der Waals surface area (Å²) >= 11 is 1.86. The van der Waals surface area contributed by atoms with Gasteiger partial charge in [-0.15, -0.1) is 11.3 Å². The van der Waals surface area contributed by atoms with Crippen molar-refractivity contribution in [2.45, 2.75) is 85.4 Å². The predicted octanol–water partition coefficient (Wildman–Crippen LogP) is 4.78. The lowest BCUT2D eigenvalue weighted by Crippen LogP contribution is -2.28. The molecule has 0 saturated carbocycles. The van der Waals surface area contributed by atoms with Gasteiger partial charge in [-0.3, -0.25) is 0 Å². The van der Waals surface area contributed by atoms with E-state index in [2.05, 4.69) is 58.8 Å². The SMILES string of the molecule is CCCC(C)N(C)c1nc(C(C)CC)c(CNC(C)C)s1. The van der Waals surface area contributed by atoms with Crippen molar-refractivity contribution in [3.63, 3.8) is 0 Å². The summed E-state index contributed by atoms with van der Waals surface area (Å²) in [5.74, 6) is 0.536. The molecule has 2 atom stereocenters. The summed E-state index contributed by atoms with van der Waals surface area (Å²) in [5.41, 5.74) is 1.29. The van der Waals surface area contributed by atoms with Gasteiger partial charge >= 0.3 is 0 Å². The highest BCUT2D eigenvalue weighted by molar-refractivity contribution is 7.15. The van der Waals surface area contributed by atoms with Crippen LogP contribution in [0.4, 0.5) is 5.13 Å². The molecule has 1 rings (SSSR count). The van der Waals surface area contributed by atoms with Gasteiger partial charge in [0.1, 0.15) is 0 Å². The Morgan fingerprint density at radius 3 is 2.38 bits per heavy atom. The average molecular weight is 312 g/mol. The van der Waals surface area contributed by atoms with Crippen LogP contribution in [0.5, 0.6) is 0 Å². The average Bonchev–Trinajstić information content (AvgIpc) is 2.87. The summed E-state index contributed by atoms with van der Waals surface area (Å²) in [6.07, 6.45) is 3.58. The molecule has 1 N–H and O–H groups in total. The molecule has 0 aliphatic heterocycles. The Morgan fingerprint density at radius 1 is 1.19 bits per heavy atom. The first-order chi connectivity index (χ1) is 9.90. The van der Waals surface area contributed by atoms with E-state index in [1.807, 2.05) is 11.3 Å². The summed E-state index contributed by atoms with van der Waals surface area (Å²) in [6.45, 7) is 14.4. The van der Waals surface area contributed by atoms with Crippen LogP contribution >= 0.6 is 11.3 Å². The Bertz CT molecular complexity index is 414. The van der Waals surface area contributed by atoms with Crippen molar-refractivity contribution in [1.29, 1.82) is 0 Å². The molecule has 2 unspecified atom stereocenters. The van der Waals surface area contributed by atoms with Crippen LogP contribution in [0, 0.1) is 0 Å². The molecule has 4 heteroatoms. The lowest BCUT2D eigenvalue weighted by atomic mass is 10.0. The van der Waals surface area contributed by atoms with Gasteiger partial charge in [-0.05, 0) is 25.7 Å². The standard InChI is InChI=1S/C17H33N3S/c1-8-10-14(6)20(7)17-19-16(13(5)9-2)15(21-17)11-18-12(3)4/h12-14,18H,8-11H2,1-7H3. The highest BCUT2D eigenvalue weighted by atomic mass is 32.1. The minimum absolute atomic E-state index is 0.511. The third kappa shape index (κ3) is 5.26. The van der Waals surface area contributed by atoms with Crippen molar-refractivity contribution in [1.82, 2.24) is 10.3 Å². The van der Waals surface area contributed by atoms with Crippen LogP contribution in [0.25, 0.3) is 0 Å². The van der Waals surface area contributed by atoms with Gasteiger partial charge in [-0.25, -0.2) is 4.98 Å². The molecule has 0 amide bonds. The number of hydrogen-bond donors (Lipinski definition) is 1. The van der Waals surface area contributed by atoms with Crippen molar-refractivity contribution >= 4 is 16.5 Å². The van der Waals surface area contributed by atoms with Gasteiger partial charge in [0, 0.05) is 30.6 Å². The molecule has 0 radical (unpaired) electrons.